The summed E-state index contributed by atoms with van der Waals surface area (Å²) in [5, 5.41) is 11.2. The van der Waals surface area contributed by atoms with Crippen molar-refractivity contribution in [2.24, 2.45) is 0 Å². The Morgan fingerprint density at radius 1 is 1.20 bits per heavy atom. The van der Waals surface area contributed by atoms with E-state index in [0.717, 1.165) is 11.1 Å². The molecule has 4 nitrogen and oxygen atoms in total. The van der Waals surface area contributed by atoms with Crippen LogP contribution in [0.4, 0.5) is 5.69 Å². The van der Waals surface area contributed by atoms with Gasteiger partial charge in [0, 0.05) is 11.9 Å². The molecule has 0 spiro atoms. The van der Waals surface area contributed by atoms with Crippen molar-refractivity contribution >= 4 is 28.9 Å². The van der Waals surface area contributed by atoms with E-state index in [1.807, 2.05) is 0 Å². The standard InChI is InChI=1S/C14H11Cl2NO3/c1-9-2-4-11(17(18)19)7-14(9)20-13-5-3-10(8-15)6-12(13)16/h2-7H,8H2,1H3. The summed E-state index contributed by atoms with van der Waals surface area (Å²) >= 11 is 11.8. The zero-order valence-electron chi connectivity index (χ0n) is 10.6. The molecule has 0 bridgehead atoms. The number of nitro benzene ring substituents is 1. The topological polar surface area (TPSA) is 52.4 Å². The average Bonchev–Trinajstić information content (AvgIpc) is 2.42. The Morgan fingerprint density at radius 2 is 1.95 bits per heavy atom. The normalized spacial score (nSPS) is 10.3. The number of rotatable bonds is 4. The molecule has 0 N–H and O–H groups in total. The highest BCUT2D eigenvalue weighted by Gasteiger charge is 2.12. The van der Waals surface area contributed by atoms with Gasteiger partial charge in [-0.15, -0.1) is 11.6 Å². The average molecular weight is 312 g/mol. The molecule has 0 aromatic heterocycles. The van der Waals surface area contributed by atoms with Crippen LogP contribution < -0.4 is 4.74 Å². The van der Waals surface area contributed by atoms with Crippen LogP contribution in [0, 0.1) is 17.0 Å². The summed E-state index contributed by atoms with van der Waals surface area (Å²) in [5.74, 6) is 1.19. The lowest BCUT2D eigenvalue weighted by atomic mass is 10.2. The first-order valence-corrected chi connectivity index (χ1v) is 6.70. The molecule has 0 radical (unpaired) electrons. The maximum Gasteiger partial charge on any atom is 0.273 e. The first-order chi connectivity index (χ1) is 9.51. The number of aryl methyl sites for hydroxylation is 1. The molecule has 0 aliphatic carbocycles. The monoisotopic (exact) mass is 311 g/mol. The molecular weight excluding hydrogens is 301 g/mol. The number of ether oxygens (including phenoxy) is 1. The van der Waals surface area contributed by atoms with Gasteiger partial charge in [-0.3, -0.25) is 10.1 Å². The van der Waals surface area contributed by atoms with Gasteiger partial charge in [0.05, 0.1) is 16.0 Å². The van der Waals surface area contributed by atoms with E-state index in [1.165, 1.54) is 12.1 Å². The summed E-state index contributed by atoms with van der Waals surface area (Å²) in [5.41, 5.74) is 1.63. The molecule has 2 aromatic carbocycles. The molecule has 0 saturated carbocycles. The maximum absolute atomic E-state index is 10.8. The first kappa shape index (κ1) is 14.6. The molecule has 0 amide bonds. The number of hydrogen-bond donors (Lipinski definition) is 0. The number of nitro groups is 1. The van der Waals surface area contributed by atoms with Gasteiger partial charge in [-0.2, -0.15) is 0 Å². The first-order valence-electron chi connectivity index (χ1n) is 5.78. The van der Waals surface area contributed by atoms with Crippen molar-refractivity contribution in [1.29, 1.82) is 0 Å². The van der Waals surface area contributed by atoms with Crippen LogP contribution in [0.3, 0.4) is 0 Å². The van der Waals surface area contributed by atoms with Gasteiger partial charge in [-0.05, 0) is 36.2 Å². The van der Waals surface area contributed by atoms with E-state index < -0.39 is 4.92 Å². The van der Waals surface area contributed by atoms with E-state index in [-0.39, 0.29) is 5.69 Å². The number of hydrogen-bond acceptors (Lipinski definition) is 3. The Kier molecular flexibility index (Phi) is 4.47. The van der Waals surface area contributed by atoms with Gasteiger partial charge in [0.15, 0.2) is 0 Å². The zero-order chi connectivity index (χ0) is 14.7. The summed E-state index contributed by atoms with van der Waals surface area (Å²) < 4.78 is 5.65. The minimum absolute atomic E-state index is 0.0286. The van der Waals surface area contributed by atoms with E-state index in [1.54, 1.807) is 31.2 Å². The second-order valence-electron chi connectivity index (χ2n) is 4.21. The Balaban J connectivity index is 2.34. The van der Waals surface area contributed by atoms with Crippen LogP contribution in [0.2, 0.25) is 5.02 Å². The number of benzene rings is 2. The van der Waals surface area contributed by atoms with Crippen molar-refractivity contribution in [3.05, 3.63) is 62.7 Å². The lowest BCUT2D eigenvalue weighted by Crippen LogP contribution is -1.93. The molecule has 0 heterocycles. The van der Waals surface area contributed by atoms with E-state index in [2.05, 4.69) is 0 Å². The minimum atomic E-state index is -0.468. The molecule has 0 aliphatic heterocycles. The van der Waals surface area contributed by atoms with Crippen molar-refractivity contribution in [1.82, 2.24) is 0 Å². The summed E-state index contributed by atoms with van der Waals surface area (Å²) in [7, 11) is 0. The summed E-state index contributed by atoms with van der Waals surface area (Å²) in [6, 6.07) is 9.63. The van der Waals surface area contributed by atoms with Crippen LogP contribution in [0.25, 0.3) is 0 Å². The minimum Gasteiger partial charge on any atom is -0.455 e. The highest BCUT2D eigenvalue weighted by atomic mass is 35.5. The van der Waals surface area contributed by atoms with Crippen molar-refractivity contribution < 1.29 is 9.66 Å². The largest absolute Gasteiger partial charge is 0.455 e. The SMILES string of the molecule is Cc1ccc([N+](=O)[O-])cc1Oc1ccc(CCl)cc1Cl. The van der Waals surface area contributed by atoms with Gasteiger partial charge in [0.1, 0.15) is 11.5 Å². The lowest BCUT2D eigenvalue weighted by Gasteiger charge is -2.10. The third kappa shape index (κ3) is 3.21. The summed E-state index contributed by atoms with van der Waals surface area (Å²) in [6.45, 7) is 1.81. The maximum atomic E-state index is 10.8. The van der Waals surface area contributed by atoms with Crippen LogP contribution in [-0.2, 0) is 5.88 Å². The van der Waals surface area contributed by atoms with Crippen LogP contribution in [-0.4, -0.2) is 4.92 Å². The molecule has 0 aliphatic rings. The highest BCUT2D eigenvalue weighted by Crippen LogP contribution is 2.33. The molecule has 104 valence electrons. The number of alkyl halides is 1. The van der Waals surface area contributed by atoms with Crippen LogP contribution >= 0.6 is 23.2 Å². The molecule has 2 rings (SSSR count). The summed E-state index contributed by atoms with van der Waals surface area (Å²) in [4.78, 5) is 10.3. The van der Waals surface area contributed by atoms with Crippen molar-refractivity contribution in [2.45, 2.75) is 12.8 Å². The van der Waals surface area contributed by atoms with Gasteiger partial charge in [0.25, 0.3) is 5.69 Å². The quantitative estimate of drug-likeness (QED) is 0.449. The number of halogens is 2. The molecule has 0 fully saturated rings. The fourth-order valence-electron chi connectivity index (χ4n) is 1.64. The van der Waals surface area contributed by atoms with Crippen molar-refractivity contribution in [3.63, 3.8) is 0 Å². The molecule has 20 heavy (non-hydrogen) atoms. The Hall–Kier alpha value is -1.78. The van der Waals surface area contributed by atoms with Crippen LogP contribution in [0.15, 0.2) is 36.4 Å². The molecule has 2 aromatic rings. The smallest absolute Gasteiger partial charge is 0.273 e. The molecule has 0 atom stereocenters. The van der Waals surface area contributed by atoms with Gasteiger partial charge < -0.3 is 4.74 Å². The van der Waals surface area contributed by atoms with Crippen molar-refractivity contribution in [3.8, 4) is 11.5 Å². The Bertz CT molecular complexity index is 659. The van der Waals surface area contributed by atoms with Crippen molar-refractivity contribution in [2.75, 3.05) is 0 Å². The molecule has 0 saturated heterocycles. The number of nitrogens with zero attached hydrogens (tertiary/aromatic N) is 1. The van der Waals surface area contributed by atoms with Crippen LogP contribution in [0.5, 0.6) is 11.5 Å². The van der Waals surface area contributed by atoms with Gasteiger partial charge in [-0.25, -0.2) is 0 Å². The predicted octanol–water partition coefficient (Wildman–Crippen LogP) is 5.09. The van der Waals surface area contributed by atoms with Gasteiger partial charge >= 0.3 is 0 Å². The second-order valence-corrected chi connectivity index (χ2v) is 4.88. The Morgan fingerprint density at radius 3 is 2.55 bits per heavy atom. The molecule has 6 heteroatoms. The van der Waals surface area contributed by atoms with E-state index >= 15 is 0 Å². The van der Waals surface area contributed by atoms with Gasteiger partial charge in [0.2, 0.25) is 0 Å². The van der Waals surface area contributed by atoms with E-state index in [0.29, 0.717) is 22.4 Å². The predicted molar refractivity (Wildman–Crippen MR) is 78.9 cm³/mol. The second kappa shape index (κ2) is 6.11. The zero-order valence-corrected chi connectivity index (χ0v) is 12.1. The lowest BCUT2D eigenvalue weighted by molar-refractivity contribution is -0.384. The van der Waals surface area contributed by atoms with E-state index in [4.69, 9.17) is 27.9 Å². The highest BCUT2D eigenvalue weighted by molar-refractivity contribution is 6.32. The number of non-ortho nitro benzene ring substituents is 1. The molecular formula is C14H11Cl2NO3. The summed E-state index contributed by atoms with van der Waals surface area (Å²) in [6.07, 6.45) is 0. The fourth-order valence-corrected chi connectivity index (χ4v) is 2.05. The van der Waals surface area contributed by atoms with E-state index in [9.17, 15) is 10.1 Å². The van der Waals surface area contributed by atoms with Gasteiger partial charge in [-0.1, -0.05) is 17.7 Å². The third-order valence-electron chi connectivity index (χ3n) is 2.75. The Labute approximate surface area is 126 Å². The fraction of sp³-hybridized carbons (Fsp3) is 0.143. The third-order valence-corrected chi connectivity index (χ3v) is 3.36. The van der Waals surface area contributed by atoms with Crippen LogP contribution in [0.1, 0.15) is 11.1 Å². The molecule has 0 unspecified atom stereocenters.